The molecule has 1 aliphatic rings. The van der Waals surface area contributed by atoms with Crippen molar-refractivity contribution in [2.75, 3.05) is 0 Å². The van der Waals surface area contributed by atoms with E-state index in [9.17, 15) is 14.4 Å². The Morgan fingerprint density at radius 2 is 2.00 bits per heavy atom. The van der Waals surface area contributed by atoms with E-state index in [0.717, 1.165) is 0 Å². The fourth-order valence-corrected chi connectivity index (χ4v) is 2.13. The molecule has 7 heteroatoms. The van der Waals surface area contributed by atoms with E-state index in [1.165, 1.54) is 6.20 Å². The van der Waals surface area contributed by atoms with Crippen LogP contribution in [0.4, 0.5) is 0 Å². The molecule has 0 bridgehead atoms. The molecule has 1 aromatic heterocycles. The Kier molecular flexibility index (Phi) is 3.31. The van der Waals surface area contributed by atoms with Crippen molar-refractivity contribution in [2.24, 2.45) is 0 Å². The second-order valence-corrected chi connectivity index (χ2v) is 4.72. The van der Waals surface area contributed by atoms with Crippen LogP contribution in [0.2, 0.25) is 0 Å². The lowest BCUT2D eigenvalue weighted by atomic mass is 10.1. The van der Waals surface area contributed by atoms with Crippen LogP contribution >= 0.6 is 0 Å². The normalized spacial score (nSPS) is 18.4. The average Bonchev–Trinajstić information content (AvgIpc) is 2.49. The van der Waals surface area contributed by atoms with Gasteiger partial charge in [0.05, 0.1) is 17.2 Å². The summed E-state index contributed by atoms with van der Waals surface area (Å²) in [5, 5.41) is 4.75. The number of hydrogen-bond acceptors (Lipinski definition) is 5. The number of aromatic nitrogens is 2. The van der Waals surface area contributed by atoms with Gasteiger partial charge in [0, 0.05) is 6.42 Å². The van der Waals surface area contributed by atoms with Crippen LogP contribution < -0.4 is 10.6 Å². The second-order valence-electron chi connectivity index (χ2n) is 4.72. The van der Waals surface area contributed by atoms with Crippen LogP contribution in [-0.2, 0) is 9.59 Å². The fraction of sp³-hybridized carbons (Fsp3) is 0.214. The first-order valence-electron chi connectivity index (χ1n) is 6.50. The van der Waals surface area contributed by atoms with Crippen molar-refractivity contribution in [3.05, 3.63) is 36.2 Å². The lowest BCUT2D eigenvalue weighted by Crippen LogP contribution is -2.52. The number of fused-ring (bicyclic) bond motifs is 1. The number of hydrogen-bond donors (Lipinski definition) is 2. The molecule has 2 aromatic rings. The smallest absolute Gasteiger partial charge is 0.272 e. The largest absolute Gasteiger partial charge is 0.339 e. The Balaban J connectivity index is 1.77. The van der Waals surface area contributed by atoms with Gasteiger partial charge < -0.3 is 5.32 Å². The van der Waals surface area contributed by atoms with Gasteiger partial charge in [0.2, 0.25) is 11.8 Å². The Hall–Kier alpha value is -2.83. The molecule has 3 rings (SSSR count). The number of carbonyl (C=O) groups is 3. The third kappa shape index (κ3) is 2.71. The van der Waals surface area contributed by atoms with Crippen molar-refractivity contribution in [2.45, 2.75) is 18.9 Å². The van der Waals surface area contributed by atoms with Crippen LogP contribution in [-0.4, -0.2) is 33.7 Å². The number of imide groups is 1. The van der Waals surface area contributed by atoms with Crippen molar-refractivity contribution >= 4 is 28.8 Å². The number of carbonyl (C=O) groups excluding carboxylic acids is 3. The quantitative estimate of drug-likeness (QED) is 0.765. The maximum atomic E-state index is 12.1. The first kappa shape index (κ1) is 13.2. The van der Waals surface area contributed by atoms with E-state index in [-0.39, 0.29) is 24.4 Å². The van der Waals surface area contributed by atoms with E-state index in [0.29, 0.717) is 11.0 Å². The highest BCUT2D eigenvalue weighted by atomic mass is 16.2. The van der Waals surface area contributed by atoms with Crippen LogP contribution in [0.3, 0.4) is 0 Å². The molecule has 106 valence electrons. The van der Waals surface area contributed by atoms with E-state index in [1.54, 1.807) is 18.2 Å². The van der Waals surface area contributed by atoms with Gasteiger partial charge in [0.15, 0.2) is 0 Å². The fourth-order valence-electron chi connectivity index (χ4n) is 2.13. The number of rotatable bonds is 2. The van der Waals surface area contributed by atoms with E-state index in [1.807, 2.05) is 6.07 Å². The molecule has 2 N–H and O–H groups in total. The van der Waals surface area contributed by atoms with E-state index < -0.39 is 17.9 Å². The van der Waals surface area contributed by atoms with Crippen molar-refractivity contribution in [3.63, 3.8) is 0 Å². The van der Waals surface area contributed by atoms with Crippen LogP contribution in [0.25, 0.3) is 11.0 Å². The highest BCUT2D eigenvalue weighted by molar-refractivity contribution is 6.03. The van der Waals surface area contributed by atoms with Crippen LogP contribution in [0.1, 0.15) is 23.3 Å². The molecule has 0 spiro atoms. The number of para-hydroxylation sites is 2. The summed E-state index contributed by atoms with van der Waals surface area (Å²) in [6.07, 6.45) is 1.86. The molecule has 21 heavy (non-hydrogen) atoms. The molecule has 1 aromatic carbocycles. The van der Waals surface area contributed by atoms with Gasteiger partial charge in [-0.2, -0.15) is 0 Å². The van der Waals surface area contributed by atoms with E-state index in [2.05, 4.69) is 20.6 Å². The molecule has 1 fully saturated rings. The third-order valence-corrected chi connectivity index (χ3v) is 3.23. The minimum atomic E-state index is -0.719. The summed E-state index contributed by atoms with van der Waals surface area (Å²) in [4.78, 5) is 43.1. The SMILES string of the molecule is O=C1CCC(NC(=O)c2cnc3ccccc3n2)C(=O)N1. The predicted octanol–water partition coefficient (Wildman–Crippen LogP) is 0.165. The topological polar surface area (TPSA) is 101 Å². The number of benzene rings is 1. The van der Waals surface area contributed by atoms with Gasteiger partial charge in [-0.1, -0.05) is 12.1 Å². The second kappa shape index (κ2) is 5.28. The highest BCUT2D eigenvalue weighted by Crippen LogP contribution is 2.09. The minimum absolute atomic E-state index is 0.137. The lowest BCUT2D eigenvalue weighted by molar-refractivity contribution is -0.134. The Morgan fingerprint density at radius 3 is 2.76 bits per heavy atom. The molecule has 1 atom stereocenters. The summed E-state index contributed by atoms with van der Waals surface area (Å²) in [6.45, 7) is 0. The zero-order valence-corrected chi connectivity index (χ0v) is 11.0. The number of nitrogens with one attached hydrogen (secondary N) is 2. The standard InChI is InChI=1S/C14H12N4O3/c19-12-6-5-10(13(20)18-12)17-14(21)11-7-15-8-3-1-2-4-9(8)16-11/h1-4,7,10H,5-6H2,(H,17,21)(H,18,19,20). The first-order chi connectivity index (χ1) is 10.1. The van der Waals surface area contributed by atoms with E-state index >= 15 is 0 Å². The number of piperidine rings is 1. The van der Waals surface area contributed by atoms with Crippen LogP contribution in [0.5, 0.6) is 0 Å². The summed E-state index contributed by atoms with van der Waals surface area (Å²) in [6, 6.07) is 6.47. The lowest BCUT2D eigenvalue weighted by Gasteiger charge is -2.21. The molecule has 7 nitrogen and oxygen atoms in total. The van der Waals surface area contributed by atoms with E-state index in [4.69, 9.17) is 0 Å². The molecule has 3 amide bonds. The van der Waals surface area contributed by atoms with Gasteiger partial charge in [-0.3, -0.25) is 24.7 Å². The first-order valence-corrected chi connectivity index (χ1v) is 6.50. The molecule has 0 aliphatic carbocycles. The van der Waals surface area contributed by atoms with Gasteiger partial charge >= 0.3 is 0 Å². The van der Waals surface area contributed by atoms with Gasteiger partial charge in [-0.05, 0) is 18.6 Å². The number of amides is 3. The summed E-state index contributed by atoms with van der Waals surface area (Å²) in [7, 11) is 0. The molecule has 2 heterocycles. The third-order valence-electron chi connectivity index (χ3n) is 3.23. The van der Waals surface area contributed by atoms with Crippen molar-refractivity contribution in [1.29, 1.82) is 0 Å². The van der Waals surface area contributed by atoms with Gasteiger partial charge in [-0.15, -0.1) is 0 Å². The maximum Gasteiger partial charge on any atom is 0.272 e. The summed E-state index contributed by atoms with van der Waals surface area (Å²) >= 11 is 0. The van der Waals surface area contributed by atoms with Gasteiger partial charge in [0.25, 0.3) is 5.91 Å². The molecular weight excluding hydrogens is 272 g/mol. The molecule has 1 aliphatic heterocycles. The van der Waals surface area contributed by atoms with Crippen molar-refractivity contribution in [1.82, 2.24) is 20.6 Å². The zero-order chi connectivity index (χ0) is 14.8. The highest BCUT2D eigenvalue weighted by Gasteiger charge is 2.28. The Morgan fingerprint density at radius 1 is 1.24 bits per heavy atom. The number of nitrogens with zero attached hydrogens (tertiary/aromatic N) is 2. The maximum absolute atomic E-state index is 12.1. The van der Waals surface area contributed by atoms with Crippen LogP contribution in [0.15, 0.2) is 30.5 Å². The molecular formula is C14H12N4O3. The predicted molar refractivity (Wildman–Crippen MR) is 73.2 cm³/mol. The monoisotopic (exact) mass is 284 g/mol. The summed E-state index contributed by atoms with van der Waals surface area (Å²) in [5.74, 6) is -1.30. The molecule has 1 saturated heterocycles. The van der Waals surface area contributed by atoms with Crippen molar-refractivity contribution < 1.29 is 14.4 Å². The Labute approximate surface area is 119 Å². The minimum Gasteiger partial charge on any atom is -0.339 e. The van der Waals surface area contributed by atoms with Crippen molar-refractivity contribution in [3.8, 4) is 0 Å². The average molecular weight is 284 g/mol. The van der Waals surface area contributed by atoms with Gasteiger partial charge in [0.1, 0.15) is 11.7 Å². The summed E-state index contributed by atoms with van der Waals surface area (Å²) in [5.41, 5.74) is 1.43. The zero-order valence-electron chi connectivity index (χ0n) is 11.0. The van der Waals surface area contributed by atoms with Gasteiger partial charge in [-0.25, -0.2) is 4.98 Å². The summed E-state index contributed by atoms with van der Waals surface area (Å²) < 4.78 is 0. The molecule has 0 radical (unpaired) electrons. The Bertz CT molecular complexity index is 744. The molecule has 0 saturated carbocycles. The molecule has 1 unspecified atom stereocenters. The van der Waals surface area contributed by atoms with Crippen LogP contribution in [0, 0.1) is 0 Å².